The van der Waals surface area contributed by atoms with Crippen LogP contribution in [-0.4, -0.2) is 23.2 Å². The largest absolute Gasteiger partial charge is 0.497 e. The van der Waals surface area contributed by atoms with E-state index >= 15 is 0 Å². The highest BCUT2D eigenvalue weighted by molar-refractivity contribution is 5.83. The lowest BCUT2D eigenvalue weighted by Crippen LogP contribution is -2.35. The van der Waals surface area contributed by atoms with Gasteiger partial charge in [0.05, 0.1) is 12.5 Å². The first-order valence-corrected chi connectivity index (χ1v) is 9.52. The lowest BCUT2D eigenvalue weighted by molar-refractivity contribution is -0.152. The Morgan fingerprint density at radius 3 is 2.72 bits per heavy atom. The summed E-state index contributed by atoms with van der Waals surface area (Å²) in [6.07, 6.45) is 2.82. The summed E-state index contributed by atoms with van der Waals surface area (Å²) in [4.78, 5) is 17.2. The Morgan fingerprint density at radius 1 is 1.17 bits per heavy atom. The monoisotopic (exact) mass is 396 g/mol. The maximum absolute atomic E-state index is 14.4. The molecule has 1 heterocycles. The molecular formula is C22H21FN2O4. The van der Waals surface area contributed by atoms with Crippen molar-refractivity contribution in [2.75, 3.05) is 7.11 Å². The maximum atomic E-state index is 14.4. The van der Waals surface area contributed by atoms with E-state index in [0.717, 1.165) is 18.4 Å². The second kappa shape index (κ2) is 8.03. The van der Waals surface area contributed by atoms with Gasteiger partial charge in [0, 0.05) is 11.1 Å². The summed E-state index contributed by atoms with van der Waals surface area (Å²) in [6, 6.07) is 13.6. The standard InChI is InChI=1S/C22H21FN2O4/c1-27-16-8-6-7-15(13-16)20-24-19(29-25-20)14-28-21(26)22(11-4-5-12-22)17-9-2-3-10-18(17)23/h2-3,6-10,13H,4-5,11-12,14H2,1H3. The van der Waals surface area contributed by atoms with Gasteiger partial charge in [-0.15, -0.1) is 0 Å². The molecule has 0 amide bonds. The summed E-state index contributed by atoms with van der Waals surface area (Å²) in [5.41, 5.74) is 0.162. The van der Waals surface area contributed by atoms with Gasteiger partial charge in [-0.05, 0) is 31.0 Å². The third-order valence-electron chi connectivity index (χ3n) is 5.36. The molecule has 1 fully saturated rings. The van der Waals surface area contributed by atoms with Crippen molar-refractivity contribution < 1.29 is 23.2 Å². The zero-order valence-corrected chi connectivity index (χ0v) is 16.1. The molecule has 1 saturated carbocycles. The first-order chi connectivity index (χ1) is 14.1. The van der Waals surface area contributed by atoms with Gasteiger partial charge in [-0.2, -0.15) is 4.98 Å². The van der Waals surface area contributed by atoms with Gasteiger partial charge in [-0.3, -0.25) is 4.79 Å². The fourth-order valence-electron chi connectivity index (χ4n) is 3.87. The van der Waals surface area contributed by atoms with Crippen LogP contribution in [0.3, 0.4) is 0 Å². The number of halogens is 1. The Labute approximate surface area is 167 Å². The average molecular weight is 396 g/mol. The molecule has 0 aliphatic heterocycles. The number of benzene rings is 2. The van der Waals surface area contributed by atoms with E-state index in [-0.39, 0.29) is 18.3 Å². The molecule has 1 aliphatic rings. The Hall–Kier alpha value is -3.22. The normalized spacial score (nSPS) is 15.2. The van der Waals surface area contributed by atoms with Gasteiger partial charge in [-0.1, -0.05) is 48.3 Å². The molecule has 0 bridgehead atoms. The number of aromatic nitrogens is 2. The minimum absolute atomic E-state index is 0.161. The van der Waals surface area contributed by atoms with Crippen LogP contribution in [0.5, 0.6) is 5.75 Å². The number of ether oxygens (including phenoxy) is 2. The lowest BCUT2D eigenvalue weighted by Gasteiger charge is -2.27. The highest BCUT2D eigenvalue weighted by Gasteiger charge is 2.45. The summed E-state index contributed by atoms with van der Waals surface area (Å²) in [7, 11) is 1.58. The first kappa shape index (κ1) is 19.1. The fourth-order valence-corrected chi connectivity index (χ4v) is 3.87. The van der Waals surface area contributed by atoms with Gasteiger partial charge < -0.3 is 14.0 Å². The van der Waals surface area contributed by atoms with Crippen LogP contribution >= 0.6 is 0 Å². The van der Waals surface area contributed by atoms with Crippen molar-refractivity contribution in [3.63, 3.8) is 0 Å². The number of nitrogens with zero attached hydrogens (tertiary/aromatic N) is 2. The third kappa shape index (κ3) is 3.72. The Bertz CT molecular complexity index is 1010. The summed E-state index contributed by atoms with van der Waals surface area (Å²) < 4.78 is 30.3. The Kier molecular flexibility index (Phi) is 5.29. The molecule has 3 aromatic rings. The van der Waals surface area contributed by atoms with Crippen molar-refractivity contribution in [2.24, 2.45) is 0 Å². The number of methoxy groups -OCH3 is 1. The molecule has 1 aromatic heterocycles. The van der Waals surface area contributed by atoms with Gasteiger partial charge in [0.25, 0.3) is 5.89 Å². The molecule has 0 atom stereocenters. The predicted octanol–water partition coefficient (Wildman–Crippen LogP) is 4.44. The van der Waals surface area contributed by atoms with Crippen LogP contribution < -0.4 is 4.74 Å². The van der Waals surface area contributed by atoms with Gasteiger partial charge in [0.2, 0.25) is 5.82 Å². The number of hydrogen-bond donors (Lipinski definition) is 0. The molecule has 7 heteroatoms. The molecule has 150 valence electrons. The van der Waals surface area contributed by atoms with E-state index in [4.69, 9.17) is 14.0 Å². The van der Waals surface area contributed by atoms with E-state index in [1.807, 2.05) is 18.2 Å². The van der Waals surface area contributed by atoms with Crippen molar-refractivity contribution in [2.45, 2.75) is 37.7 Å². The lowest BCUT2D eigenvalue weighted by atomic mass is 9.78. The van der Waals surface area contributed by atoms with Gasteiger partial charge in [-0.25, -0.2) is 4.39 Å². The van der Waals surface area contributed by atoms with E-state index in [0.29, 0.717) is 30.0 Å². The molecular weight excluding hydrogens is 375 g/mol. The molecule has 0 radical (unpaired) electrons. The van der Waals surface area contributed by atoms with Crippen molar-refractivity contribution in [3.8, 4) is 17.1 Å². The zero-order valence-electron chi connectivity index (χ0n) is 16.1. The van der Waals surface area contributed by atoms with E-state index in [1.165, 1.54) is 6.07 Å². The van der Waals surface area contributed by atoms with Crippen LogP contribution in [-0.2, 0) is 21.6 Å². The quantitative estimate of drug-likeness (QED) is 0.574. The van der Waals surface area contributed by atoms with E-state index < -0.39 is 11.4 Å². The van der Waals surface area contributed by atoms with Crippen LogP contribution in [0.1, 0.15) is 37.1 Å². The minimum atomic E-state index is -0.957. The molecule has 1 aliphatic carbocycles. The minimum Gasteiger partial charge on any atom is -0.497 e. The second-order valence-corrected chi connectivity index (χ2v) is 7.09. The SMILES string of the molecule is COc1cccc(-c2noc(COC(=O)C3(c4ccccc4F)CCCC3)n2)c1. The molecule has 2 aromatic carbocycles. The predicted molar refractivity (Wildman–Crippen MR) is 103 cm³/mol. The highest BCUT2D eigenvalue weighted by Crippen LogP contribution is 2.43. The van der Waals surface area contributed by atoms with E-state index in [1.54, 1.807) is 31.4 Å². The molecule has 29 heavy (non-hydrogen) atoms. The molecule has 0 saturated heterocycles. The number of carbonyl (C=O) groups is 1. The Morgan fingerprint density at radius 2 is 1.97 bits per heavy atom. The number of esters is 1. The van der Waals surface area contributed by atoms with Crippen LogP contribution in [0.4, 0.5) is 4.39 Å². The van der Waals surface area contributed by atoms with Crippen LogP contribution in [0.15, 0.2) is 53.1 Å². The van der Waals surface area contributed by atoms with E-state index in [2.05, 4.69) is 10.1 Å². The van der Waals surface area contributed by atoms with Crippen molar-refractivity contribution in [1.29, 1.82) is 0 Å². The third-order valence-corrected chi connectivity index (χ3v) is 5.36. The molecule has 0 unspecified atom stereocenters. The second-order valence-electron chi connectivity index (χ2n) is 7.09. The number of carbonyl (C=O) groups excluding carboxylic acids is 1. The molecule has 4 rings (SSSR count). The summed E-state index contributed by atoms with van der Waals surface area (Å²) in [6.45, 7) is -0.161. The van der Waals surface area contributed by atoms with Crippen LogP contribution in [0, 0.1) is 5.82 Å². The molecule has 6 nitrogen and oxygen atoms in total. The molecule has 0 N–H and O–H groups in total. The zero-order chi connectivity index (χ0) is 20.3. The van der Waals surface area contributed by atoms with Crippen molar-refractivity contribution in [3.05, 3.63) is 65.8 Å². The van der Waals surface area contributed by atoms with Crippen LogP contribution in [0.25, 0.3) is 11.4 Å². The van der Waals surface area contributed by atoms with Gasteiger partial charge in [0.1, 0.15) is 11.6 Å². The first-order valence-electron chi connectivity index (χ1n) is 9.52. The highest BCUT2D eigenvalue weighted by atomic mass is 19.1. The smallest absolute Gasteiger partial charge is 0.317 e. The average Bonchev–Trinajstić information content (AvgIpc) is 3.43. The topological polar surface area (TPSA) is 74.5 Å². The van der Waals surface area contributed by atoms with Crippen LogP contribution in [0.2, 0.25) is 0 Å². The van der Waals surface area contributed by atoms with Gasteiger partial charge in [0.15, 0.2) is 6.61 Å². The summed E-state index contributed by atoms with van der Waals surface area (Å²) in [5, 5.41) is 3.93. The van der Waals surface area contributed by atoms with Crippen molar-refractivity contribution >= 4 is 5.97 Å². The van der Waals surface area contributed by atoms with E-state index in [9.17, 15) is 9.18 Å². The fraction of sp³-hybridized carbons (Fsp3) is 0.318. The Balaban J connectivity index is 1.49. The summed E-state index contributed by atoms with van der Waals surface area (Å²) >= 11 is 0. The van der Waals surface area contributed by atoms with Crippen molar-refractivity contribution in [1.82, 2.24) is 10.1 Å². The maximum Gasteiger partial charge on any atom is 0.317 e. The molecule has 0 spiro atoms. The summed E-state index contributed by atoms with van der Waals surface area (Å²) in [5.74, 6) is 0.386. The number of hydrogen-bond acceptors (Lipinski definition) is 6. The van der Waals surface area contributed by atoms with Gasteiger partial charge >= 0.3 is 5.97 Å². The number of rotatable bonds is 6.